The van der Waals surface area contributed by atoms with Gasteiger partial charge in [-0.2, -0.15) is 0 Å². The molecule has 0 spiro atoms. The highest BCUT2D eigenvalue weighted by atomic mass is 16.5. The monoisotopic (exact) mass is 383 g/mol. The first-order valence-electron chi connectivity index (χ1n) is 8.06. The standard InChI is InChI=1S/C20H17NO7/c1-27-17-5-3-2-4-15(17)16(22)12-28-20(26)13-6-8-14(9-7-13)21-18(23)10-11-19(24)25/h2-11H,12H2,1H3,(H,21,23)(H,24,25)/b11-10+. The maximum absolute atomic E-state index is 12.2. The van der Waals surface area contributed by atoms with Crippen molar-refractivity contribution in [3.63, 3.8) is 0 Å². The van der Waals surface area contributed by atoms with Crippen LogP contribution in [0.5, 0.6) is 5.75 Å². The van der Waals surface area contributed by atoms with Crippen LogP contribution in [0.1, 0.15) is 20.7 Å². The number of amides is 1. The molecule has 0 radical (unpaired) electrons. The molecule has 0 fully saturated rings. The van der Waals surface area contributed by atoms with Gasteiger partial charge in [0.1, 0.15) is 5.75 Å². The fourth-order valence-electron chi connectivity index (χ4n) is 2.19. The maximum Gasteiger partial charge on any atom is 0.338 e. The Bertz CT molecular complexity index is 916. The van der Waals surface area contributed by atoms with Crippen LogP contribution in [0.15, 0.2) is 60.7 Å². The van der Waals surface area contributed by atoms with Gasteiger partial charge in [0.25, 0.3) is 0 Å². The minimum absolute atomic E-state index is 0.187. The second kappa shape index (κ2) is 9.67. The molecule has 0 aliphatic heterocycles. The highest BCUT2D eigenvalue weighted by Crippen LogP contribution is 2.18. The van der Waals surface area contributed by atoms with E-state index in [1.54, 1.807) is 24.3 Å². The topological polar surface area (TPSA) is 119 Å². The third-order valence-electron chi connectivity index (χ3n) is 3.51. The number of aliphatic carboxylic acids is 1. The van der Waals surface area contributed by atoms with E-state index in [9.17, 15) is 19.2 Å². The molecule has 8 nitrogen and oxygen atoms in total. The number of methoxy groups -OCH3 is 1. The molecule has 0 bridgehead atoms. The number of carboxylic acids is 1. The molecule has 0 aliphatic carbocycles. The number of ketones is 1. The number of anilines is 1. The summed E-state index contributed by atoms with van der Waals surface area (Å²) in [6.07, 6.45) is 1.58. The number of nitrogens with one attached hydrogen (secondary N) is 1. The molecule has 0 saturated carbocycles. The van der Waals surface area contributed by atoms with E-state index in [-0.39, 0.29) is 5.56 Å². The fourth-order valence-corrected chi connectivity index (χ4v) is 2.19. The summed E-state index contributed by atoms with van der Waals surface area (Å²) in [4.78, 5) is 46.1. The van der Waals surface area contributed by atoms with Gasteiger partial charge in [-0.15, -0.1) is 0 Å². The second-order valence-electron chi connectivity index (χ2n) is 5.44. The van der Waals surface area contributed by atoms with E-state index in [1.807, 2.05) is 0 Å². The number of Topliss-reactive ketones (excluding diaryl/α,β-unsaturated/α-hetero) is 1. The van der Waals surface area contributed by atoms with Crippen molar-refractivity contribution in [1.82, 2.24) is 0 Å². The summed E-state index contributed by atoms with van der Waals surface area (Å²) in [5.41, 5.74) is 0.860. The zero-order chi connectivity index (χ0) is 20.5. The van der Waals surface area contributed by atoms with Crippen molar-refractivity contribution >= 4 is 29.3 Å². The minimum atomic E-state index is -1.24. The Morgan fingerprint density at radius 2 is 1.68 bits per heavy atom. The van der Waals surface area contributed by atoms with Crippen LogP contribution >= 0.6 is 0 Å². The number of ether oxygens (including phenoxy) is 2. The highest BCUT2D eigenvalue weighted by molar-refractivity contribution is 6.03. The molecule has 0 atom stereocenters. The summed E-state index contributed by atoms with van der Waals surface area (Å²) in [5, 5.41) is 10.9. The lowest BCUT2D eigenvalue weighted by Crippen LogP contribution is -2.15. The van der Waals surface area contributed by atoms with Gasteiger partial charge in [-0.25, -0.2) is 9.59 Å². The molecule has 2 rings (SSSR count). The molecule has 28 heavy (non-hydrogen) atoms. The first-order valence-corrected chi connectivity index (χ1v) is 8.06. The number of rotatable bonds is 8. The molecule has 2 aromatic rings. The van der Waals surface area contributed by atoms with Gasteiger partial charge in [-0.1, -0.05) is 12.1 Å². The Morgan fingerprint density at radius 3 is 2.32 bits per heavy atom. The lowest BCUT2D eigenvalue weighted by Gasteiger charge is -2.08. The normalized spacial score (nSPS) is 10.3. The average molecular weight is 383 g/mol. The molecule has 0 aromatic heterocycles. The molecule has 1 amide bonds. The predicted molar refractivity (Wildman–Crippen MR) is 99.5 cm³/mol. The van der Waals surface area contributed by atoms with Crippen LogP contribution < -0.4 is 10.1 Å². The number of carboxylic acid groups (broad SMARTS) is 1. The van der Waals surface area contributed by atoms with E-state index in [0.717, 1.165) is 6.08 Å². The van der Waals surface area contributed by atoms with E-state index in [2.05, 4.69) is 5.32 Å². The number of hydrogen-bond acceptors (Lipinski definition) is 6. The molecule has 8 heteroatoms. The molecule has 0 heterocycles. The van der Waals surface area contributed by atoms with Crippen LogP contribution in [0.4, 0.5) is 5.69 Å². The third-order valence-corrected chi connectivity index (χ3v) is 3.51. The summed E-state index contributed by atoms with van der Waals surface area (Å²) in [6, 6.07) is 12.3. The number of hydrogen-bond donors (Lipinski definition) is 2. The first kappa shape index (κ1) is 20.4. The summed E-state index contributed by atoms with van der Waals surface area (Å²) < 4.78 is 10.1. The Hall–Kier alpha value is -3.94. The van der Waals surface area contributed by atoms with Gasteiger partial charge < -0.3 is 19.9 Å². The zero-order valence-corrected chi connectivity index (χ0v) is 14.9. The number of benzene rings is 2. The van der Waals surface area contributed by atoms with E-state index >= 15 is 0 Å². The summed E-state index contributed by atoms with van der Waals surface area (Å²) in [7, 11) is 1.44. The fraction of sp³-hybridized carbons (Fsp3) is 0.100. The van der Waals surface area contributed by atoms with Gasteiger partial charge in [0.15, 0.2) is 6.61 Å². The van der Waals surface area contributed by atoms with Crippen molar-refractivity contribution < 1.29 is 33.8 Å². The molecule has 0 unspecified atom stereocenters. The van der Waals surface area contributed by atoms with Gasteiger partial charge in [-0.05, 0) is 36.4 Å². The van der Waals surface area contributed by atoms with Crippen molar-refractivity contribution in [1.29, 1.82) is 0 Å². The third kappa shape index (κ3) is 5.80. The molecule has 0 aliphatic rings. The molecule has 144 valence electrons. The lowest BCUT2D eigenvalue weighted by atomic mass is 10.1. The maximum atomic E-state index is 12.2. The lowest BCUT2D eigenvalue weighted by molar-refractivity contribution is -0.131. The van der Waals surface area contributed by atoms with E-state index in [0.29, 0.717) is 23.1 Å². The van der Waals surface area contributed by atoms with Crippen LogP contribution in [0.3, 0.4) is 0 Å². The Labute approximate surface area is 160 Å². The second-order valence-corrected chi connectivity index (χ2v) is 5.44. The highest BCUT2D eigenvalue weighted by Gasteiger charge is 2.15. The van der Waals surface area contributed by atoms with Gasteiger partial charge >= 0.3 is 11.9 Å². The zero-order valence-electron chi connectivity index (χ0n) is 14.9. The predicted octanol–water partition coefficient (Wildman–Crippen LogP) is 2.31. The van der Waals surface area contributed by atoms with E-state index in [4.69, 9.17) is 14.6 Å². The Kier molecular flexibility index (Phi) is 7.04. The molecule has 2 aromatic carbocycles. The average Bonchev–Trinajstić information content (AvgIpc) is 2.70. The van der Waals surface area contributed by atoms with Crippen LogP contribution in [-0.4, -0.2) is 42.5 Å². The van der Waals surface area contributed by atoms with Crippen molar-refractivity contribution in [2.45, 2.75) is 0 Å². The van der Waals surface area contributed by atoms with Gasteiger partial charge in [0.05, 0.1) is 18.2 Å². The SMILES string of the molecule is COc1ccccc1C(=O)COC(=O)c1ccc(NC(=O)/C=C/C(=O)O)cc1. The smallest absolute Gasteiger partial charge is 0.338 e. The van der Waals surface area contributed by atoms with Crippen LogP contribution in [0.2, 0.25) is 0 Å². The van der Waals surface area contributed by atoms with E-state index < -0.39 is 30.2 Å². The van der Waals surface area contributed by atoms with Gasteiger partial charge in [-0.3, -0.25) is 9.59 Å². The quantitative estimate of drug-likeness (QED) is 0.408. The minimum Gasteiger partial charge on any atom is -0.496 e. The van der Waals surface area contributed by atoms with E-state index in [1.165, 1.54) is 31.4 Å². The number of esters is 1. The summed E-state index contributed by atoms with van der Waals surface area (Å²) in [5.74, 6) is -2.58. The largest absolute Gasteiger partial charge is 0.496 e. The summed E-state index contributed by atoms with van der Waals surface area (Å²) >= 11 is 0. The molecule has 0 saturated heterocycles. The Morgan fingerprint density at radius 1 is 1.00 bits per heavy atom. The first-order chi connectivity index (χ1) is 13.4. The number of carbonyl (C=O) groups excluding carboxylic acids is 3. The van der Waals surface area contributed by atoms with Crippen molar-refractivity contribution in [3.8, 4) is 5.75 Å². The molecular weight excluding hydrogens is 366 g/mol. The Balaban J connectivity index is 1.93. The number of para-hydroxylation sites is 1. The van der Waals surface area contributed by atoms with Crippen LogP contribution in [0, 0.1) is 0 Å². The summed E-state index contributed by atoms with van der Waals surface area (Å²) in [6.45, 7) is -0.447. The number of carbonyl (C=O) groups is 4. The molecule has 2 N–H and O–H groups in total. The van der Waals surface area contributed by atoms with Gasteiger partial charge in [0.2, 0.25) is 11.7 Å². The van der Waals surface area contributed by atoms with Crippen LogP contribution in [0.25, 0.3) is 0 Å². The van der Waals surface area contributed by atoms with Crippen LogP contribution in [-0.2, 0) is 14.3 Å². The van der Waals surface area contributed by atoms with Crippen molar-refractivity contribution in [3.05, 3.63) is 71.8 Å². The van der Waals surface area contributed by atoms with Crippen molar-refractivity contribution in [2.24, 2.45) is 0 Å². The molecular formula is C20H17NO7. The van der Waals surface area contributed by atoms with Crippen molar-refractivity contribution in [2.75, 3.05) is 19.0 Å². The van der Waals surface area contributed by atoms with Gasteiger partial charge in [0, 0.05) is 17.8 Å².